The molecule has 0 unspecified atom stereocenters. The van der Waals surface area contributed by atoms with E-state index in [1.54, 1.807) is 25.2 Å². The molecule has 1 aromatic rings. The van der Waals surface area contributed by atoms with Gasteiger partial charge in [0.25, 0.3) is 0 Å². The number of halogens is 1. The van der Waals surface area contributed by atoms with Gasteiger partial charge in [0.05, 0.1) is 5.69 Å². The highest BCUT2D eigenvalue weighted by molar-refractivity contribution is 9.10. The minimum absolute atomic E-state index is 0.171. The van der Waals surface area contributed by atoms with Crippen LogP contribution in [0.5, 0.6) is 0 Å². The molecule has 7 heteroatoms. The van der Waals surface area contributed by atoms with Crippen LogP contribution in [-0.2, 0) is 10.0 Å². The third kappa shape index (κ3) is 3.52. The van der Waals surface area contributed by atoms with E-state index in [1.165, 1.54) is 17.1 Å². The number of hydrogen-bond acceptors (Lipinski definition) is 4. The van der Waals surface area contributed by atoms with E-state index in [0.717, 1.165) is 24.1 Å². The molecule has 1 aliphatic rings. The lowest BCUT2D eigenvalue weighted by atomic mass is 10.3. The molecular weight excluding hydrogens is 342 g/mol. The maximum Gasteiger partial charge on any atom is 0.244 e. The molecule has 0 spiro atoms. The summed E-state index contributed by atoms with van der Waals surface area (Å²) in [5.74, 6) is 0. The van der Waals surface area contributed by atoms with Crippen LogP contribution in [0.1, 0.15) is 12.8 Å². The van der Waals surface area contributed by atoms with Crippen molar-refractivity contribution in [1.82, 2.24) is 9.21 Å². The Hall–Kier alpha value is -0.630. The number of nitrogens with zero attached hydrogens (tertiary/aromatic N) is 2. The minimum atomic E-state index is -3.52. The number of rotatable bonds is 5. The van der Waals surface area contributed by atoms with E-state index < -0.39 is 10.0 Å². The van der Waals surface area contributed by atoms with Crippen molar-refractivity contribution in [3.63, 3.8) is 0 Å². The first-order valence-corrected chi connectivity index (χ1v) is 8.88. The fraction of sp³-hybridized carbons (Fsp3) is 0.538. The van der Waals surface area contributed by atoms with Gasteiger partial charge in [-0.25, -0.2) is 8.42 Å². The predicted octanol–water partition coefficient (Wildman–Crippen LogP) is 1.75. The van der Waals surface area contributed by atoms with Crippen LogP contribution < -0.4 is 5.73 Å². The summed E-state index contributed by atoms with van der Waals surface area (Å²) in [6.45, 7) is 3.38. The first-order chi connectivity index (χ1) is 9.41. The Morgan fingerprint density at radius 2 is 2.00 bits per heavy atom. The Balaban J connectivity index is 2.08. The summed E-state index contributed by atoms with van der Waals surface area (Å²) in [4.78, 5) is 2.46. The third-order valence-electron chi connectivity index (χ3n) is 3.59. The Kier molecular flexibility index (Phi) is 5.06. The molecule has 112 valence electrons. The Morgan fingerprint density at radius 3 is 2.60 bits per heavy atom. The van der Waals surface area contributed by atoms with Gasteiger partial charge in [0.1, 0.15) is 4.90 Å². The Labute approximate surface area is 128 Å². The van der Waals surface area contributed by atoms with E-state index in [1.807, 2.05) is 0 Å². The summed E-state index contributed by atoms with van der Waals surface area (Å²) in [5.41, 5.74) is 6.09. The molecule has 0 aliphatic carbocycles. The van der Waals surface area contributed by atoms with Crippen molar-refractivity contribution in [3.8, 4) is 0 Å². The lowest BCUT2D eigenvalue weighted by Gasteiger charge is -2.21. The largest absolute Gasteiger partial charge is 0.398 e. The maximum absolute atomic E-state index is 12.5. The monoisotopic (exact) mass is 361 g/mol. The van der Waals surface area contributed by atoms with Crippen molar-refractivity contribution < 1.29 is 8.42 Å². The normalized spacial score (nSPS) is 16.9. The molecular formula is C13H20BrN3O2S. The smallest absolute Gasteiger partial charge is 0.244 e. The molecule has 0 amide bonds. The molecule has 20 heavy (non-hydrogen) atoms. The minimum Gasteiger partial charge on any atom is -0.398 e. The van der Waals surface area contributed by atoms with E-state index in [4.69, 9.17) is 5.73 Å². The van der Waals surface area contributed by atoms with Crippen molar-refractivity contribution in [1.29, 1.82) is 0 Å². The number of hydrogen-bond donors (Lipinski definition) is 1. The summed E-state index contributed by atoms with van der Waals surface area (Å²) >= 11 is 3.28. The molecule has 2 N–H and O–H groups in total. The second-order valence-corrected chi connectivity index (χ2v) is 7.99. The Bertz CT molecular complexity index is 571. The molecule has 1 fully saturated rings. The highest BCUT2D eigenvalue weighted by Crippen LogP contribution is 2.25. The first-order valence-electron chi connectivity index (χ1n) is 6.65. The number of sulfonamides is 1. The number of likely N-dealkylation sites (tertiary alicyclic amines) is 1. The van der Waals surface area contributed by atoms with Crippen LogP contribution in [0.25, 0.3) is 0 Å². The average Bonchev–Trinajstić information content (AvgIpc) is 2.88. The van der Waals surface area contributed by atoms with E-state index in [-0.39, 0.29) is 10.6 Å². The molecule has 5 nitrogen and oxygen atoms in total. The quantitative estimate of drug-likeness (QED) is 0.811. The van der Waals surface area contributed by atoms with Crippen molar-refractivity contribution in [2.75, 3.05) is 39.0 Å². The van der Waals surface area contributed by atoms with Gasteiger partial charge in [0, 0.05) is 24.6 Å². The number of nitrogens with two attached hydrogens (primary N) is 1. The summed E-state index contributed by atoms with van der Waals surface area (Å²) in [6, 6.07) is 4.85. The lowest BCUT2D eigenvalue weighted by Crippen LogP contribution is -2.35. The van der Waals surface area contributed by atoms with Gasteiger partial charge in [-0.2, -0.15) is 4.31 Å². The van der Waals surface area contributed by atoms with Gasteiger partial charge in [-0.1, -0.05) is 15.9 Å². The van der Waals surface area contributed by atoms with Crippen LogP contribution in [0.2, 0.25) is 0 Å². The average molecular weight is 362 g/mol. The first kappa shape index (κ1) is 15.8. The number of likely N-dealkylation sites (N-methyl/N-ethyl adjacent to an activating group) is 1. The highest BCUT2D eigenvalue weighted by Gasteiger charge is 2.24. The third-order valence-corrected chi connectivity index (χ3v) is 6.01. The van der Waals surface area contributed by atoms with Gasteiger partial charge in [-0.05, 0) is 44.1 Å². The van der Waals surface area contributed by atoms with E-state index in [9.17, 15) is 8.42 Å². The van der Waals surface area contributed by atoms with Crippen LogP contribution >= 0.6 is 15.9 Å². The summed E-state index contributed by atoms with van der Waals surface area (Å²) in [7, 11) is -1.91. The molecule has 1 aliphatic heterocycles. The number of anilines is 1. The van der Waals surface area contributed by atoms with Crippen molar-refractivity contribution >= 4 is 31.6 Å². The standard InChI is InChI=1S/C13H20BrN3O2S/c1-16(8-9-17-6-2-3-7-17)20(18,19)13-5-4-11(14)10-12(13)15/h4-5,10H,2-3,6-9,15H2,1H3. The molecule has 0 saturated carbocycles. The van der Waals surface area contributed by atoms with Crippen LogP contribution in [0.4, 0.5) is 5.69 Å². The summed E-state index contributed by atoms with van der Waals surface area (Å²) < 4.78 is 27.1. The molecule has 0 atom stereocenters. The second kappa shape index (κ2) is 6.43. The van der Waals surface area contributed by atoms with E-state index >= 15 is 0 Å². The number of benzene rings is 1. The van der Waals surface area contributed by atoms with Crippen molar-refractivity contribution in [3.05, 3.63) is 22.7 Å². The van der Waals surface area contributed by atoms with E-state index in [0.29, 0.717) is 6.54 Å². The summed E-state index contributed by atoms with van der Waals surface area (Å²) in [6.07, 6.45) is 2.41. The van der Waals surface area contributed by atoms with Gasteiger partial charge >= 0.3 is 0 Å². The fourth-order valence-electron chi connectivity index (χ4n) is 2.33. The van der Waals surface area contributed by atoms with Crippen LogP contribution in [0.15, 0.2) is 27.6 Å². The lowest BCUT2D eigenvalue weighted by molar-refractivity contribution is 0.310. The second-order valence-electron chi connectivity index (χ2n) is 5.06. The van der Waals surface area contributed by atoms with Crippen molar-refractivity contribution in [2.45, 2.75) is 17.7 Å². The van der Waals surface area contributed by atoms with E-state index in [2.05, 4.69) is 20.8 Å². The summed E-state index contributed by atoms with van der Waals surface area (Å²) in [5, 5.41) is 0. The van der Waals surface area contributed by atoms with Gasteiger partial charge in [-0.3, -0.25) is 0 Å². The van der Waals surface area contributed by atoms with Crippen LogP contribution in [0, 0.1) is 0 Å². The zero-order chi connectivity index (χ0) is 14.8. The molecule has 1 heterocycles. The maximum atomic E-state index is 12.5. The molecule has 0 radical (unpaired) electrons. The van der Waals surface area contributed by atoms with Crippen LogP contribution in [0.3, 0.4) is 0 Å². The van der Waals surface area contributed by atoms with Crippen LogP contribution in [-0.4, -0.2) is 50.8 Å². The molecule has 1 saturated heterocycles. The van der Waals surface area contributed by atoms with Crippen molar-refractivity contribution in [2.24, 2.45) is 0 Å². The van der Waals surface area contributed by atoms with Gasteiger partial charge in [0.15, 0.2) is 0 Å². The zero-order valence-corrected chi connectivity index (χ0v) is 14.0. The van der Waals surface area contributed by atoms with Gasteiger partial charge in [-0.15, -0.1) is 0 Å². The molecule has 1 aromatic carbocycles. The molecule has 0 aromatic heterocycles. The highest BCUT2D eigenvalue weighted by atomic mass is 79.9. The number of nitrogen functional groups attached to an aromatic ring is 1. The fourth-order valence-corrected chi connectivity index (χ4v) is 3.96. The topological polar surface area (TPSA) is 66.6 Å². The SMILES string of the molecule is CN(CCN1CCCC1)S(=O)(=O)c1ccc(Br)cc1N. The van der Waals surface area contributed by atoms with Gasteiger partial charge in [0.2, 0.25) is 10.0 Å². The Morgan fingerprint density at radius 1 is 1.35 bits per heavy atom. The van der Waals surface area contributed by atoms with Gasteiger partial charge < -0.3 is 10.6 Å². The molecule has 2 rings (SSSR count). The molecule has 0 bridgehead atoms. The zero-order valence-electron chi connectivity index (χ0n) is 11.5. The predicted molar refractivity (Wildman–Crippen MR) is 84.0 cm³/mol.